The molecule has 2 N–H and O–H groups in total. The number of nitrogens with two attached hydrogens (primary N) is 1. The largest absolute Gasteiger partial charge is 0.375 e. The SMILES string of the molecule is CCN(C1CC(C)OC(C)C1)C1CCCC1CN. The van der Waals surface area contributed by atoms with E-state index in [1.807, 2.05) is 0 Å². The summed E-state index contributed by atoms with van der Waals surface area (Å²) in [7, 11) is 0. The lowest BCUT2D eigenvalue weighted by Gasteiger charge is -2.43. The molecule has 0 amide bonds. The molecule has 0 aromatic carbocycles. The molecule has 1 saturated heterocycles. The van der Waals surface area contributed by atoms with E-state index in [4.69, 9.17) is 10.5 Å². The normalized spacial score (nSPS) is 41.5. The van der Waals surface area contributed by atoms with Gasteiger partial charge < -0.3 is 10.5 Å². The first-order chi connectivity index (χ1) is 8.65. The minimum absolute atomic E-state index is 0.408. The van der Waals surface area contributed by atoms with Crippen LogP contribution in [0, 0.1) is 5.92 Å². The second-order valence-electron chi connectivity index (χ2n) is 6.21. The summed E-state index contributed by atoms with van der Waals surface area (Å²) in [6, 6.07) is 1.42. The quantitative estimate of drug-likeness (QED) is 0.837. The molecular weight excluding hydrogens is 224 g/mol. The Bertz CT molecular complexity index is 249. The summed E-state index contributed by atoms with van der Waals surface area (Å²) in [6.45, 7) is 8.74. The highest BCUT2D eigenvalue weighted by molar-refractivity contribution is 4.91. The maximum atomic E-state index is 5.95. The second-order valence-corrected chi connectivity index (χ2v) is 6.21. The van der Waals surface area contributed by atoms with Crippen molar-refractivity contribution >= 4 is 0 Å². The molecule has 0 radical (unpaired) electrons. The summed E-state index contributed by atoms with van der Waals surface area (Å²) in [5.41, 5.74) is 5.95. The van der Waals surface area contributed by atoms with Crippen LogP contribution in [0.2, 0.25) is 0 Å². The van der Waals surface area contributed by atoms with Crippen molar-refractivity contribution in [2.24, 2.45) is 11.7 Å². The summed E-state index contributed by atoms with van der Waals surface area (Å²) in [5.74, 6) is 0.721. The van der Waals surface area contributed by atoms with Crippen molar-refractivity contribution in [2.45, 2.75) is 77.2 Å². The van der Waals surface area contributed by atoms with Gasteiger partial charge in [-0.25, -0.2) is 0 Å². The van der Waals surface area contributed by atoms with Crippen LogP contribution < -0.4 is 5.73 Å². The van der Waals surface area contributed by atoms with Gasteiger partial charge >= 0.3 is 0 Å². The second kappa shape index (κ2) is 6.36. The van der Waals surface area contributed by atoms with E-state index >= 15 is 0 Å². The fraction of sp³-hybridized carbons (Fsp3) is 1.00. The van der Waals surface area contributed by atoms with Crippen molar-refractivity contribution in [3.63, 3.8) is 0 Å². The van der Waals surface area contributed by atoms with Crippen molar-refractivity contribution < 1.29 is 4.74 Å². The smallest absolute Gasteiger partial charge is 0.0565 e. The molecule has 4 atom stereocenters. The zero-order valence-electron chi connectivity index (χ0n) is 12.3. The summed E-state index contributed by atoms with van der Waals surface area (Å²) in [5, 5.41) is 0. The molecule has 2 aliphatic rings. The topological polar surface area (TPSA) is 38.5 Å². The van der Waals surface area contributed by atoms with Gasteiger partial charge in [-0.3, -0.25) is 4.90 Å². The fourth-order valence-electron chi connectivity index (χ4n) is 4.13. The van der Waals surface area contributed by atoms with E-state index in [9.17, 15) is 0 Å². The van der Waals surface area contributed by atoms with Crippen LogP contribution in [0.15, 0.2) is 0 Å². The van der Waals surface area contributed by atoms with Gasteiger partial charge in [0.25, 0.3) is 0 Å². The van der Waals surface area contributed by atoms with Crippen molar-refractivity contribution in [3.05, 3.63) is 0 Å². The molecule has 106 valence electrons. The van der Waals surface area contributed by atoms with Crippen LogP contribution in [0.5, 0.6) is 0 Å². The van der Waals surface area contributed by atoms with Crippen molar-refractivity contribution in [1.29, 1.82) is 0 Å². The fourth-order valence-corrected chi connectivity index (χ4v) is 4.13. The Labute approximate surface area is 112 Å². The molecule has 0 bridgehead atoms. The van der Waals surface area contributed by atoms with Crippen LogP contribution in [0.25, 0.3) is 0 Å². The number of rotatable bonds is 4. The maximum absolute atomic E-state index is 5.95. The first kappa shape index (κ1) is 14.3. The Morgan fingerprint density at radius 1 is 1.17 bits per heavy atom. The summed E-state index contributed by atoms with van der Waals surface area (Å²) >= 11 is 0. The highest BCUT2D eigenvalue weighted by Crippen LogP contribution is 2.34. The Balaban J connectivity index is 2.03. The lowest BCUT2D eigenvalue weighted by molar-refractivity contribution is -0.0738. The van der Waals surface area contributed by atoms with Gasteiger partial charge in [0.05, 0.1) is 12.2 Å². The van der Waals surface area contributed by atoms with E-state index < -0.39 is 0 Å². The number of ether oxygens (including phenoxy) is 1. The molecule has 1 saturated carbocycles. The predicted molar refractivity (Wildman–Crippen MR) is 75.6 cm³/mol. The third kappa shape index (κ3) is 3.06. The minimum atomic E-state index is 0.408. The van der Waals surface area contributed by atoms with Crippen LogP contribution in [0.4, 0.5) is 0 Å². The first-order valence-electron chi connectivity index (χ1n) is 7.77. The first-order valence-corrected chi connectivity index (χ1v) is 7.77. The van der Waals surface area contributed by atoms with Crippen LogP contribution in [-0.2, 0) is 4.74 Å². The molecule has 2 rings (SSSR count). The van der Waals surface area contributed by atoms with E-state index in [1.54, 1.807) is 0 Å². The van der Waals surface area contributed by atoms with Gasteiger partial charge in [0, 0.05) is 12.1 Å². The molecule has 1 aliphatic carbocycles. The lowest BCUT2D eigenvalue weighted by atomic mass is 9.93. The van der Waals surface area contributed by atoms with E-state index in [-0.39, 0.29) is 0 Å². The molecule has 2 fully saturated rings. The van der Waals surface area contributed by atoms with E-state index in [0.717, 1.165) is 25.0 Å². The van der Waals surface area contributed by atoms with Crippen molar-refractivity contribution in [2.75, 3.05) is 13.1 Å². The average Bonchev–Trinajstić information content (AvgIpc) is 2.77. The van der Waals surface area contributed by atoms with Gasteiger partial charge in [0.2, 0.25) is 0 Å². The van der Waals surface area contributed by atoms with Crippen molar-refractivity contribution in [3.8, 4) is 0 Å². The number of hydrogen-bond acceptors (Lipinski definition) is 3. The van der Waals surface area contributed by atoms with Crippen molar-refractivity contribution in [1.82, 2.24) is 4.90 Å². The maximum Gasteiger partial charge on any atom is 0.0565 e. The van der Waals surface area contributed by atoms with Gasteiger partial charge in [0.15, 0.2) is 0 Å². The van der Waals surface area contributed by atoms with E-state index in [1.165, 1.54) is 32.1 Å². The highest BCUT2D eigenvalue weighted by atomic mass is 16.5. The van der Waals surface area contributed by atoms with Crippen LogP contribution in [0.3, 0.4) is 0 Å². The van der Waals surface area contributed by atoms with Gasteiger partial charge in [0.1, 0.15) is 0 Å². The number of nitrogens with zero attached hydrogens (tertiary/aromatic N) is 1. The molecule has 0 spiro atoms. The van der Waals surface area contributed by atoms with Gasteiger partial charge in [-0.2, -0.15) is 0 Å². The standard InChI is InChI=1S/C15H30N2O/c1-4-17(15-7-5-6-13(15)10-16)14-8-11(2)18-12(3)9-14/h11-15H,4-10,16H2,1-3H3. The van der Waals surface area contributed by atoms with Gasteiger partial charge in [-0.05, 0) is 58.5 Å². The monoisotopic (exact) mass is 254 g/mol. The summed E-state index contributed by atoms with van der Waals surface area (Å²) in [4.78, 5) is 2.74. The van der Waals surface area contributed by atoms with E-state index in [2.05, 4.69) is 25.7 Å². The van der Waals surface area contributed by atoms with Crippen LogP contribution in [-0.4, -0.2) is 42.3 Å². The average molecular weight is 254 g/mol. The molecule has 3 heteroatoms. The molecule has 4 unspecified atom stereocenters. The summed E-state index contributed by atoms with van der Waals surface area (Å²) in [6.07, 6.45) is 7.22. The Hall–Kier alpha value is -0.120. The zero-order valence-corrected chi connectivity index (χ0v) is 12.3. The van der Waals surface area contributed by atoms with E-state index in [0.29, 0.717) is 18.2 Å². The Morgan fingerprint density at radius 3 is 2.39 bits per heavy atom. The number of hydrogen-bond donors (Lipinski definition) is 1. The molecule has 0 aromatic heterocycles. The molecular formula is C15H30N2O. The molecule has 3 nitrogen and oxygen atoms in total. The lowest BCUT2D eigenvalue weighted by Crippen LogP contribution is -2.50. The zero-order chi connectivity index (χ0) is 13.1. The third-order valence-corrected chi connectivity index (χ3v) is 4.85. The summed E-state index contributed by atoms with van der Waals surface area (Å²) < 4.78 is 5.88. The Morgan fingerprint density at radius 2 is 1.83 bits per heavy atom. The Kier molecular flexibility index (Phi) is 5.05. The molecule has 0 aromatic rings. The van der Waals surface area contributed by atoms with Gasteiger partial charge in [-0.15, -0.1) is 0 Å². The molecule has 18 heavy (non-hydrogen) atoms. The predicted octanol–water partition coefficient (Wildman–Crippen LogP) is 2.39. The minimum Gasteiger partial charge on any atom is -0.375 e. The third-order valence-electron chi connectivity index (χ3n) is 4.85. The van der Waals surface area contributed by atoms with Gasteiger partial charge in [-0.1, -0.05) is 13.3 Å². The van der Waals surface area contributed by atoms with Crippen LogP contribution in [0.1, 0.15) is 52.9 Å². The molecule has 1 heterocycles. The highest BCUT2D eigenvalue weighted by Gasteiger charge is 2.36. The molecule has 1 aliphatic heterocycles. The van der Waals surface area contributed by atoms with Crippen LogP contribution >= 0.6 is 0 Å².